The van der Waals surface area contributed by atoms with Gasteiger partial charge in [0.2, 0.25) is 0 Å². The second-order valence-electron chi connectivity index (χ2n) is 9.24. The summed E-state index contributed by atoms with van der Waals surface area (Å²) < 4.78 is 43.4. The number of fused-ring (bicyclic) bond motifs is 1. The van der Waals surface area contributed by atoms with E-state index in [1.807, 2.05) is 50.2 Å². The minimum Gasteiger partial charge on any atom is -0.351 e. The van der Waals surface area contributed by atoms with Crippen LogP contribution in [0.25, 0.3) is 5.69 Å². The van der Waals surface area contributed by atoms with Crippen LogP contribution in [0.3, 0.4) is 0 Å². The summed E-state index contributed by atoms with van der Waals surface area (Å²) in [5.41, 5.74) is 4.31. The SMILES string of the molecule is Cc1cc2c(cc1C)N=C(C(CNC(=O)c1c(Cl)cc(-n3cnnc3)cc1C(F)(F)F)c1ccccc1)C2. The number of nitrogens with one attached hydrogen (secondary N) is 1. The van der Waals surface area contributed by atoms with Gasteiger partial charge in [0.1, 0.15) is 12.7 Å². The zero-order chi connectivity index (χ0) is 27.0. The molecule has 1 amide bonds. The van der Waals surface area contributed by atoms with E-state index in [0.29, 0.717) is 6.42 Å². The quantitative estimate of drug-likeness (QED) is 0.309. The minimum atomic E-state index is -4.81. The second-order valence-corrected chi connectivity index (χ2v) is 9.64. The van der Waals surface area contributed by atoms with Gasteiger partial charge in [0.05, 0.1) is 27.5 Å². The molecule has 0 spiro atoms. The molecule has 0 saturated carbocycles. The van der Waals surface area contributed by atoms with E-state index in [-0.39, 0.29) is 23.2 Å². The van der Waals surface area contributed by atoms with Crippen LogP contribution in [0.15, 0.2) is 72.2 Å². The van der Waals surface area contributed by atoms with Crippen molar-refractivity contribution in [1.82, 2.24) is 20.1 Å². The van der Waals surface area contributed by atoms with E-state index in [9.17, 15) is 18.0 Å². The summed E-state index contributed by atoms with van der Waals surface area (Å²) in [6, 6.07) is 15.8. The van der Waals surface area contributed by atoms with Crippen molar-refractivity contribution in [1.29, 1.82) is 0 Å². The maximum absolute atomic E-state index is 14.0. The third kappa shape index (κ3) is 5.06. The zero-order valence-corrected chi connectivity index (χ0v) is 21.3. The molecule has 1 aromatic heterocycles. The van der Waals surface area contributed by atoms with Crippen LogP contribution >= 0.6 is 11.6 Å². The summed E-state index contributed by atoms with van der Waals surface area (Å²) in [5, 5.41) is 9.60. The summed E-state index contributed by atoms with van der Waals surface area (Å²) in [6.45, 7) is 4.11. The molecule has 6 nitrogen and oxygen atoms in total. The molecule has 4 aromatic rings. The number of alkyl halides is 3. The monoisotopic (exact) mass is 537 g/mol. The summed E-state index contributed by atoms with van der Waals surface area (Å²) >= 11 is 6.26. The molecule has 10 heteroatoms. The van der Waals surface area contributed by atoms with Crippen LogP contribution < -0.4 is 5.32 Å². The van der Waals surface area contributed by atoms with Crippen molar-refractivity contribution in [2.75, 3.05) is 6.54 Å². The van der Waals surface area contributed by atoms with Crippen molar-refractivity contribution < 1.29 is 18.0 Å². The highest BCUT2D eigenvalue weighted by molar-refractivity contribution is 6.34. The molecule has 38 heavy (non-hydrogen) atoms. The Hall–Kier alpha value is -3.98. The van der Waals surface area contributed by atoms with Crippen LogP contribution in [0.2, 0.25) is 5.02 Å². The molecule has 1 unspecified atom stereocenters. The van der Waals surface area contributed by atoms with E-state index in [1.54, 1.807) is 0 Å². The summed E-state index contributed by atoms with van der Waals surface area (Å²) in [4.78, 5) is 18.1. The van der Waals surface area contributed by atoms with Gasteiger partial charge in [0, 0.05) is 24.6 Å². The van der Waals surface area contributed by atoms with E-state index >= 15 is 0 Å². The molecule has 0 aliphatic carbocycles. The molecule has 0 saturated heterocycles. The van der Waals surface area contributed by atoms with Gasteiger partial charge in [-0.25, -0.2) is 0 Å². The van der Waals surface area contributed by atoms with E-state index in [2.05, 4.69) is 21.6 Å². The molecule has 1 atom stereocenters. The van der Waals surface area contributed by atoms with E-state index in [0.717, 1.165) is 39.7 Å². The number of hydrogen-bond acceptors (Lipinski definition) is 4. The van der Waals surface area contributed by atoms with Gasteiger partial charge in [-0.3, -0.25) is 14.4 Å². The van der Waals surface area contributed by atoms with Crippen LogP contribution in [0.5, 0.6) is 0 Å². The fraction of sp³-hybridized carbons (Fsp3) is 0.214. The number of rotatable bonds is 6. The van der Waals surface area contributed by atoms with Gasteiger partial charge in [0.15, 0.2) is 0 Å². The number of aryl methyl sites for hydroxylation is 2. The molecule has 1 aliphatic heterocycles. The fourth-order valence-electron chi connectivity index (χ4n) is 4.62. The summed E-state index contributed by atoms with van der Waals surface area (Å²) in [6.07, 6.45) is -1.72. The van der Waals surface area contributed by atoms with Crippen molar-refractivity contribution in [3.63, 3.8) is 0 Å². The molecule has 3 aromatic carbocycles. The number of amides is 1. The van der Waals surface area contributed by atoms with E-state index in [4.69, 9.17) is 16.6 Å². The van der Waals surface area contributed by atoms with Gasteiger partial charge in [-0.05, 0) is 54.3 Å². The summed E-state index contributed by atoms with van der Waals surface area (Å²) in [7, 11) is 0. The molecule has 194 valence electrons. The lowest BCUT2D eigenvalue weighted by Gasteiger charge is -2.20. The topological polar surface area (TPSA) is 72.2 Å². The molecule has 5 rings (SSSR count). The van der Waals surface area contributed by atoms with Crippen molar-refractivity contribution in [3.05, 3.63) is 106 Å². The number of carbonyl (C=O) groups excluding carboxylic acids is 1. The highest BCUT2D eigenvalue weighted by Crippen LogP contribution is 2.38. The number of benzene rings is 3. The first-order valence-electron chi connectivity index (χ1n) is 11.9. The number of halogens is 4. The first-order valence-corrected chi connectivity index (χ1v) is 12.3. The molecule has 1 N–H and O–H groups in total. The number of hydrogen-bond donors (Lipinski definition) is 1. The molecule has 1 aliphatic rings. The second kappa shape index (κ2) is 10.1. The molecule has 2 heterocycles. The maximum atomic E-state index is 14.0. The van der Waals surface area contributed by atoms with Gasteiger partial charge in [-0.1, -0.05) is 48.0 Å². The molecular formula is C28H23ClF3N5O. The third-order valence-corrected chi connectivity index (χ3v) is 7.02. The van der Waals surface area contributed by atoms with E-state index < -0.39 is 23.2 Å². The molecule has 0 bridgehead atoms. The van der Waals surface area contributed by atoms with Crippen LogP contribution in [-0.4, -0.2) is 32.9 Å². The van der Waals surface area contributed by atoms with Crippen molar-refractivity contribution in [2.24, 2.45) is 4.99 Å². The first-order chi connectivity index (χ1) is 18.1. The Morgan fingerprint density at radius 2 is 1.74 bits per heavy atom. The zero-order valence-electron chi connectivity index (χ0n) is 20.6. The van der Waals surface area contributed by atoms with Gasteiger partial charge < -0.3 is 5.32 Å². The Balaban J connectivity index is 1.46. The largest absolute Gasteiger partial charge is 0.417 e. The highest BCUT2D eigenvalue weighted by atomic mass is 35.5. The predicted molar refractivity (Wildman–Crippen MR) is 140 cm³/mol. The first kappa shape index (κ1) is 25.7. The number of nitrogens with zero attached hydrogens (tertiary/aromatic N) is 4. The standard InChI is InChI=1S/C28H23ClF3N5O/c1-16-8-19-10-25(36-24(19)9-17(16)2)21(18-6-4-3-5-7-18)13-33-27(38)26-22(28(30,31)32)11-20(12-23(26)29)37-14-34-35-15-37/h3-9,11-12,14-15,21H,10,13H2,1-2H3,(H,33,38). The fourth-order valence-corrected chi connectivity index (χ4v) is 4.92. The van der Waals surface area contributed by atoms with Gasteiger partial charge in [-0.15, -0.1) is 10.2 Å². The van der Waals surface area contributed by atoms with Crippen LogP contribution in [0, 0.1) is 13.8 Å². The Kier molecular flexibility index (Phi) is 6.79. The van der Waals surface area contributed by atoms with Crippen molar-refractivity contribution in [2.45, 2.75) is 32.4 Å². The summed E-state index contributed by atoms with van der Waals surface area (Å²) in [5.74, 6) is -1.25. The molecule has 0 radical (unpaired) electrons. The molecular weight excluding hydrogens is 515 g/mol. The van der Waals surface area contributed by atoms with Crippen molar-refractivity contribution >= 4 is 28.9 Å². The number of aliphatic imine (C=N–C) groups is 1. The lowest BCUT2D eigenvalue weighted by molar-refractivity contribution is -0.137. The van der Waals surface area contributed by atoms with Gasteiger partial charge in [0.25, 0.3) is 5.91 Å². The van der Waals surface area contributed by atoms with Crippen LogP contribution in [0.1, 0.15) is 44.1 Å². The normalized spacial score (nSPS) is 13.7. The lowest BCUT2D eigenvalue weighted by atomic mass is 9.90. The van der Waals surface area contributed by atoms with Crippen LogP contribution in [-0.2, 0) is 12.6 Å². The average molecular weight is 538 g/mol. The Labute approximate surface area is 222 Å². The Morgan fingerprint density at radius 1 is 1.05 bits per heavy atom. The number of aromatic nitrogens is 3. The third-order valence-electron chi connectivity index (χ3n) is 6.73. The van der Waals surface area contributed by atoms with Gasteiger partial charge >= 0.3 is 6.18 Å². The van der Waals surface area contributed by atoms with Gasteiger partial charge in [-0.2, -0.15) is 13.2 Å². The smallest absolute Gasteiger partial charge is 0.351 e. The Bertz CT molecular complexity index is 1530. The number of carbonyl (C=O) groups is 1. The average Bonchev–Trinajstić information content (AvgIpc) is 3.54. The predicted octanol–water partition coefficient (Wildman–Crippen LogP) is 6.40. The molecule has 0 fully saturated rings. The lowest BCUT2D eigenvalue weighted by Crippen LogP contribution is -2.33. The van der Waals surface area contributed by atoms with Crippen LogP contribution in [0.4, 0.5) is 18.9 Å². The maximum Gasteiger partial charge on any atom is 0.417 e. The van der Waals surface area contributed by atoms with Crippen molar-refractivity contribution in [3.8, 4) is 5.69 Å². The minimum absolute atomic E-state index is 0.0501. The Morgan fingerprint density at radius 3 is 2.42 bits per heavy atom. The highest BCUT2D eigenvalue weighted by Gasteiger charge is 2.37. The van der Waals surface area contributed by atoms with E-state index in [1.165, 1.54) is 23.3 Å².